The maximum absolute atomic E-state index is 13.7. The molecule has 1 aliphatic carbocycles. The van der Waals surface area contributed by atoms with Gasteiger partial charge in [-0.05, 0) is 68.5 Å². The fourth-order valence-corrected chi connectivity index (χ4v) is 5.70. The van der Waals surface area contributed by atoms with E-state index in [0.29, 0.717) is 16.3 Å². The van der Waals surface area contributed by atoms with Crippen LogP contribution >= 0.6 is 11.6 Å². The summed E-state index contributed by atoms with van der Waals surface area (Å²) in [6, 6.07) is 11.8. The van der Waals surface area contributed by atoms with Gasteiger partial charge in [-0.1, -0.05) is 55.1 Å². The zero-order valence-electron chi connectivity index (χ0n) is 21.5. The van der Waals surface area contributed by atoms with Crippen molar-refractivity contribution in [2.24, 2.45) is 0 Å². The molecule has 2 aromatic carbocycles. The van der Waals surface area contributed by atoms with Crippen LogP contribution in [0.4, 0.5) is 5.69 Å². The number of halogens is 1. The normalized spacial score (nSPS) is 15.2. The Morgan fingerprint density at radius 2 is 1.67 bits per heavy atom. The topological polar surface area (TPSA) is 86.8 Å². The molecule has 0 radical (unpaired) electrons. The van der Waals surface area contributed by atoms with Crippen LogP contribution in [0.5, 0.6) is 0 Å². The van der Waals surface area contributed by atoms with Crippen LogP contribution < -0.4 is 9.62 Å². The first-order chi connectivity index (χ1) is 17.0. The molecular weight excluding hydrogens is 498 g/mol. The van der Waals surface area contributed by atoms with Crippen LogP contribution in [0.25, 0.3) is 0 Å². The van der Waals surface area contributed by atoms with Crippen molar-refractivity contribution in [3.8, 4) is 0 Å². The number of aryl methyl sites for hydroxylation is 2. The fraction of sp³-hybridized carbons (Fsp3) is 0.481. The zero-order chi connectivity index (χ0) is 26.5. The van der Waals surface area contributed by atoms with Crippen molar-refractivity contribution in [3.63, 3.8) is 0 Å². The number of nitrogens with zero attached hydrogens (tertiary/aromatic N) is 2. The summed E-state index contributed by atoms with van der Waals surface area (Å²) >= 11 is 6.38. The first-order valence-corrected chi connectivity index (χ1v) is 14.6. The fourth-order valence-electron chi connectivity index (χ4n) is 4.67. The van der Waals surface area contributed by atoms with E-state index in [2.05, 4.69) is 5.32 Å². The van der Waals surface area contributed by atoms with Gasteiger partial charge in [0.15, 0.2) is 0 Å². The van der Waals surface area contributed by atoms with Crippen LogP contribution in [0.3, 0.4) is 0 Å². The summed E-state index contributed by atoms with van der Waals surface area (Å²) in [5.74, 6) is -0.731. The molecule has 0 aliphatic heterocycles. The highest BCUT2D eigenvalue weighted by Gasteiger charge is 2.31. The van der Waals surface area contributed by atoms with E-state index < -0.39 is 28.5 Å². The van der Waals surface area contributed by atoms with Crippen molar-refractivity contribution in [2.75, 3.05) is 17.1 Å². The first-order valence-electron chi connectivity index (χ1n) is 12.3. The molecular formula is C27H36ClN3O4S. The second kappa shape index (κ2) is 12.1. The number of carbonyl (C=O) groups is 2. The molecule has 0 heterocycles. The zero-order valence-corrected chi connectivity index (χ0v) is 23.0. The quantitative estimate of drug-likeness (QED) is 0.511. The Hall–Kier alpha value is -2.58. The van der Waals surface area contributed by atoms with Gasteiger partial charge in [0.1, 0.15) is 12.6 Å². The second-order valence-electron chi connectivity index (χ2n) is 9.75. The standard InChI is InChI=1S/C27H36ClN3O4S/c1-19-14-20(2)16-24(15-19)31(36(4,34)35)18-26(32)30(17-22-10-8-9-13-25(22)28)21(3)27(33)29-23-11-6-5-7-12-23/h8-10,13-16,21,23H,5-7,11-12,17-18H2,1-4H3,(H,29,33)/t21-/m0/s1. The van der Waals surface area contributed by atoms with E-state index in [1.165, 1.54) is 11.3 Å². The first kappa shape index (κ1) is 28.0. The van der Waals surface area contributed by atoms with Gasteiger partial charge in [-0.2, -0.15) is 0 Å². The number of sulfonamides is 1. The lowest BCUT2D eigenvalue weighted by atomic mass is 9.95. The van der Waals surface area contributed by atoms with Gasteiger partial charge >= 0.3 is 0 Å². The molecule has 0 spiro atoms. The molecule has 0 unspecified atom stereocenters. The molecule has 36 heavy (non-hydrogen) atoms. The predicted molar refractivity (Wildman–Crippen MR) is 145 cm³/mol. The number of nitrogens with one attached hydrogen (secondary N) is 1. The number of anilines is 1. The third kappa shape index (κ3) is 7.46. The Bertz CT molecular complexity index is 1180. The molecule has 0 bridgehead atoms. The molecule has 9 heteroatoms. The van der Waals surface area contributed by atoms with Gasteiger partial charge in [-0.15, -0.1) is 0 Å². The lowest BCUT2D eigenvalue weighted by Crippen LogP contribution is -2.53. The van der Waals surface area contributed by atoms with Gasteiger partial charge in [0.05, 0.1) is 11.9 Å². The third-order valence-electron chi connectivity index (χ3n) is 6.59. The van der Waals surface area contributed by atoms with Gasteiger partial charge in [-0.25, -0.2) is 8.42 Å². The third-order valence-corrected chi connectivity index (χ3v) is 8.10. The van der Waals surface area contributed by atoms with E-state index in [9.17, 15) is 18.0 Å². The summed E-state index contributed by atoms with van der Waals surface area (Å²) in [7, 11) is -3.77. The molecule has 2 amide bonds. The van der Waals surface area contributed by atoms with Gasteiger partial charge in [0, 0.05) is 17.6 Å². The highest BCUT2D eigenvalue weighted by atomic mass is 35.5. The molecule has 0 saturated heterocycles. The van der Waals surface area contributed by atoms with E-state index in [1.807, 2.05) is 26.0 Å². The van der Waals surface area contributed by atoms with Crippen molar-refractivity contribution in [1.82, 2.24) is 10.2 Å². The van der Waals surface area contributed by atoms with Gasteiger partial charge in [0.25, 0.3) is 0 Å². The van der Waals surface area contributed by atoms with Crippen molar-refractivity contribution >= 4 is 39.1 Å². The molecule has 1 aliphatic rings. The molecule has 7 nitrogen and oxygen atoms in total. The van der Waals surface area contributed by atoms with Crippen molar-refractivity contribution < 1.29 is 18.0 Å². The Morgan fingerprint density at radius 1 is 1.06 bits per heavy atom. The number of hydrogen-bond acceptors (Lipinski definition) is 4. The number of carbonyl (C=O) groups excluding carboxylic acids is 2. The maximum atomic E-state index is 13.7. The summed E-state index contributed by atoms with van der Waals surface area (Å²) in [6.45, 7) is 5.09. The van der Waals surface area contributed by atoms with E-state index in [-0.39, 0.29) is 18.5 Å². The summed E-state index contributed by atoms with van der Waals surface area (Å²) < 4.78 is 26.6. The maximum Gasteiger partial charge on any atom is 0.244 e. The molecule has 3 rings (SSSR count). The van der Waals surface area contributed by atoms with Crippen LogP contribution in [-0.2, 0) is 26.2 Å². The molecule has 1 atom stereocenters. The van der Waals surface area contributed by atoms with Gasteiger partial charge in [0.2, 0.25) is 21.8 Å². The monoisotopic (exact) mass is 533 g/mol. The van der Waals surface area contributed by atoms with Crippen LogP contribution in [0.1, 0.15) is 55.7 Å². The van der Waals surface area contributed by atoms with Crippen LogP contribution in [0.2, 0.25) is 5.02 Å². The minimum absolute atomic E-state index is 0.0855. The predicted octanol–water partition coefficient (Wildman–Crippen LogP) is 4.59. The van der Waals surface area contributed by atoms with Crippen molar-refractivity contribution in [3.05, 3.63) is 64.2 Å². The number of hydrogen-bond donors (Lipinski definition) is 1. The SMILES string of the molecule is Cc1cc(C)cc(N(CC(=O)N(Cc2ccccc2Cl)[C@@H](C)C(=O)NC2CCCCC2)S(C)(=O)=O)c1. The van der Waals surface area contributed by atoms with Crippen LogP contribution in [0.15, 0.2) is 42.5 Å². The summed E-state index contributed by atoms with van der Waals surface area (Å²) in [5.41, 5.74) is 2.88. The minimum atomic E-state index is -3.77. The van der Waals surface area contributed by atoms with E-state index in [1.54, 1.807) is 37.3 Å². The average Bonchev–Trinajstić information content (AvgIpc) is 2.80. The highest BCUT2D eigenvalue weighted by molar-refractivity contribution is 7.92. The average molecular weight is 534 g/mol. The Morgan fingerprint density at radius 3 is 2.25 bits per heavy atom. The summed E-state index contributed by atoms with van der Waals surface area (Å²) in [5, 5.41) is 3.56. The van der Waals surface area contributed by atoms with Crippen molar-refractivity contribution in [2.45, 2.75) is 71.5 Å². The van der Waals surface area contributed by atoms with Crippen molar-refractivity contribution in [1.29, 1.82) is 0 Å². The molecule has 196 valence electrons. The van der Waals surface area contributed by atoms with Gasteiger partial charge < -0.3 is 10.2 Å². The highest BCUT2D eigenvalue weighted by Crippen LogP contribution is 2.24. The molecule has 1 fully saturated rings. The second-order valence-corrected chi connectivity index (χ2v) is 12.1. The summed E-state index contributed by atoms with van der Waals surface area (Å²) in [6.07, 6.45) is 6.23. The van der Waals surface area contributed by atoms with Gasteiger partial charge in [-0.3, -0.25) is 13.9 Å². The molecule has 1 N–H and O–H groups in total. The molecule has 0 aromatic heterocycles. The number of amides is 2. The van der Waals surface area contributed by atoms with Crippen LogP contribution in [0, 0.1) is 13.8 Å². The van der Waals surface area contributed by atoms with E-state index in [4.69, 9.17) is 11.6 Å². The molecule has 1 saturated carbocycles. The number of rotatable bonds is 9. The van der Waals surface area contributed by atoms with Crippen LogP contribution in [-0.4, -0.2) is 50.0 Å². The van der Waals surface area contributed by atoms with E-state index in [0.717, 1.165) is 47.4 Å². The summed E-state index contributed by atoms with van der Waals surface area (Å²) in [4.78, 5) is 28.3. The van der Waals surface area contributed by atoms with E-state index >= 15 is 0 Å². The Labute approximate surface area is 219 Å². The largest absolute Gasteiger partial charge is 0.352 e. The molecule has 2 aromatic rings. The minimum Gasteiger partial charge on any atom is -0.352 e. The number of benzene rings is 2. The smallest absolute Gasteiger partial charge is 0.244 e. The lowest BCUT2D eigenvalue weighted by molar-refractivity contribution is -0.139. The Balaban J connectivity index is 1.90. The lowest BCUT2D eigenvalue weighted by Gasteiger charge is -2.33. The Kier molecular flexibility index (Phi) is 9.41.